The lowest BCUT2D eigenvalue weighted by Crippen LogP contribution is -2.53. The van der Waals surface area contributed by atoms with E-state index < -0.39 is 10.0 Å². The predicted octanol–water partition coefficient (Wildman–Crippen LogP) is 3.24. The number of benzene rings is 2. The molecule has 2 saturated heterocycles. The van der Waals surface area contributed by atoms with Crippen molar-refractivity contribution in [3.8, 4) is 5.75 Å². The molecular formula is C24H30ClN3O4S. The van der Waals surface area contributed by atoms with Gasteiger partial charge in [0.05, 0.1) is 18.8 Å². The molecule has 7 nitrogen and oxygen atoms in total. The maximum absolute atomic E-state index is 13.2. The van der Waals surface area contributed by atoms with E-state index in [2.05, 4.69) is 4.90 Å². The molecule has 2 aliphatic heterocycles. The molecule has 9 heteroatoms. The van der Waals surface area contributed by atoms with Crippen molar-refractivity contribution in [2.45, 2.75) is 18.6 Å². The van der Waals surface area contributed by atoms with Crippen molar-refractivity contribution >= 4 is 33.2 Å². The van der Waals surface area contributed by atoms with E-state index in [0.717, 1.165) is 30.9 Å². The maximum atomic E-state index is 13.2. The fourth-order valence-electron chi connectivity index (χ4n) is 4.52. The third-order valence-electron chi connectivity index (χ3n) is 6.42. The number of halogens is 1. The Morgan fingerprint density at radius 2 is 1.67 bits per heavy atom. The SMILES string of the molecule is COc1ccc(N2CCN(C(=O)[C@@H]3CCCN(S(=O)(=O)Cc4ccc(Cl)cc4)C3)CC2)cc1. The van der Waals surface area contributed by atoms with Gasteiger partial charge in [-0.3, -0.25) is 4.79 Å². The summed E-state index contributed by atoms with van der Waals surface area (Å²) < 4.78 is 32.7. The Morgan fingerprint density at radius 3 is 2.30 bits per heavy atom. The third-order valence-corrected chi connectivity index (χ3v) is 8.49. The molecule has 0 bridgehead atoms. The van der Waals surface area contributed by atoms with E-state index in [-0.39, 0.29) is 24.1 Å². The van der Waals surface area contributed by atoms with Gasteiger partial charge in [0, 0.05) is 50.0 Å². The maximum Gasteiger partial charge on any atom is 0.227 e. The summed E-state index contributed by atoms with van der Waals surface area (Å²) >= 11 is 5.91. The molecule has 2 fully saturated rings. The van der Waals surface area contributed by atoms with Crippen LogP contribution in [0, 0.1) is 5.92 Å². The van der Waals surface area contributed by atoms with Crippen molar-refractivity contribution in [1.29, 1.82) is 0 Å². The number of piperazine rings is 1. The number of carbonyl (C=O) groups excluding carboxylic acids is 1. The summed E-state index contributed by atoms with van der Waals surface area (Å²) in [6.07, 6.45) is 1.42. The van der Waals surface area contributed by atoms with Gasteiger partial charge in [0.25, 0.3) is 0 Å². The second-order valence-electron chi connectivity index (χ2n) is 8.59. The first kappa shape index (κ1) is 23.9. The number of carbonyl (C=O) groups is 1. The fraction of sp³-hybridized carbons (Fsp3) is 0.458. The van der Waals surface area contributed by atoms with Crippen molar-refractivity contribution in [3.63, 3.8) is 0 Å². The van der Waals surface area contributed by atoms with E-state index in [1.807, 2.05) is 29.2 Å². The monoisotopic (exact) mass is 491 g/mol. The smallest absolute Gasteiger partial charge is 0.227 e. The van der Waals surface area contributed by atoms with E-state index in [4.69, 9.17) is 16.3 Å². The van der Waals surface area contributed by atoms with E-state index in [9.17, 15) is 13.2 Å². The van der Waals surface area contributed by atoms with Crippen LogP contribution in [0.5, 0.6) is 5.75 Å². The van der Waals surface area contributed by atoms with Gasteiger partial charge in [-0.05, 0) is 54.8 Å². The first-order valence-electron chi connectivity index (χ1n) is 11.3. The van der Waals surface area contributed by atoms with Crippen LogP contribution >= 0.6 is 11.6 Å². The molecule has 2 aromatic rings. The first-order valence-corrected chi connectivity index (χ1v) is 13.2. The number of hydrogen-bond donors (Lipinski definition) is 0. The van der Waals surface area contributed by atoms with Crippen molar-refractivity contribution in [3.05, 3.63) is 59.1 Å². The van der Waals surface area contributed by atoms with Crippen LogP contribution in [0.3, 0.4) is 0 Å². The van der Waals surface area contributed by atoms with Crippen molar-refractivity contribution in [2.24, 2.45) is 5.92 Å². The summed E-state index contributed by atoms with van der Waals surface area (Å²) in [5.74, 6) is 0.522. The van der Waals surface area contributed by atoms with Crippen LogP contribution in [0.4, 0.5) is 5.69 Å². The standard InChI is InChI=1S/C24H30ClN3O4S/c1-32-23-10-8-22(9-11-23)26-13-15-27(16-14-26)24(29)20-3-2-12-28(17-20)33(30,31)18-19-4-6-21(25)7-5-19/h4-11,20H,2-3,12-18H2,1H3/t20-/m1/s1. The molecule has 0 radical (unpaired) electrons. The van der Waals surface area contributed by atoms with Gasteiger partial charge in [-0.1, -0.05) is 23.7 Å². The highest BCUT2D eigenvalue weighted by molar-refractivity contribution is 7.88. The zero-order valence-electron chi connectivity index (χ0n) is 18.8. The van der Waals surface area contributed by atoms with E-state index in [1.165, 1.54) is 4.31 Å². The number of methoxy groups -OCH3 is 1. The van der Waals surface area contributed by atoms with Gasteiger partial charge in [0.1, 0.15) is 5.75 Å². The van der Waals surface area contributed by atoms with Gasteiger partial charge in [0.2, 0.25) is 15.9 Å². The lowest BCUT2D eigenvalue weighted by Gasteiger charge is -2.39. The third kappa shape index (κ3) is 5.80. The molecule has 0 aromatic heterocycles. The van der Waals surface area contributed by atoms with Crippen molar-refractivity contribution < 1.29 is 17.9 Å². The summed E-state index contributed by atoms with van der Waals surface area (Å²) in [5, 5.41) is 0.576. The van der Waals surface area contributed by atoms with Gasteiger partial charge in [0.15, 0.2) is 0 Å². The quantitative estimate of drug-likeness (QED) is 0.620. The second-order valence-corrected chi connectivity index (χ2v) is 11.0. The Bertz CT molecular complexity index is 1050. The van der Waals surface area contributed by atoms with Gasteiger partial charge >= 0.3 is 0 Å². The number of anilines is 1. The number of rotatable bonds is 6. The number of ether oxygens (including phenoxy) is 1. The molecule has 1 atom stereocenters. The molecular weight excluding hydrogens is 462 g/mol. The zero-order chi connectivity index (χ0) is 23.4. The van der Waals surface area contributed by atoms with Crippen LogP contribution < -0.4 is 9.64 Å². The summed E-state index contributed by atoms with van der Waals surface area (Å²) in [4.78, 5) is 17.3. The Kier molecular flexibility index (Phi) is 7.46. The number of hydrogen-bond acceptors (Lipinski definition) is 5. The summed E-state index contributed by atoms with van der Waals surface area (Å²) in [6.45, 7) is 3.50. The van der Waals surface area contributed by atoms with Crippen LogP contribution in [0.15, 0.2) is 48.5 Å². The van der Waals surface area contributed by atoms with Crippen LogP contribution in [0.2, 0.25) is 5.02 Å². The molecule has 4 rings (SSSR count). The molecule has 2 aliphatic rings. The van der Waals surface area contributed by atoms with Gasteiger partial charge < -0.3 is 14.5 Å². The molecule has 0 N–H and O–H groups in total. The first-order chi connectivity index (χ1) is 15.9. The highest BCUT2D eigenvalue weighted by atomic mass is 35.5. The Morgan fingerprint density at radius 1 is 1.00 bits per heavy atom. The van der Waals surface area contributed by atoms with Crippen LogP contribution in [0.1, 0.15) is 18.4 Å². The second kappa shape index (κ2) is 10.3. The van der Waals surface area contributed by atoms with E-state index >= 15 is 0 Å². The molecule has 1 amide bonds. The lowest BCUT2D eigenvalue weighted by atomic mass is 9.97. The van der Waals surface area contributed by atoms with Crippen LogP contribution in [0.25, 0.3) is 0 Å². The average Bonchev–Trinajstić information content (AvgIpc) is 2.85. The van der Waals surface area contributed by atoms with Crippen molar-refractivity contribution in [2.75, 3.05) is 51.3 Å². The molecule has 0 saturated carbocycles. The van der Waals surface area contributed by atoms with Gasteiger partial charge in [-0.15, -0.1) is 0 Å². The number of piperidine rings is 1. The minimum absolute atomic E-state index is 0.0655. The fourth-order valence-corrected chi connectivity index (χ4v) is 6.25. The Balaban J connectivity index is 1.33. The normalized spacial score (nSPS) is 20.0. The topological polar surface area (TPSA) is 70.2 Å². The van der Waals surface area contributed by atoms with Gasteiger partial charge in [-0.2, -0.15) is 0 Å². The highest BCUT2D eigenvalue weighted by Crippen LogP contribution is 2.25. The molecule has 0 spiro atoms. The molecule has 2 aromatic carbocycles. The predicted molar refractivity (Wildman–Crippen MR) is 130 cm³/mol. The van der Waals surface area contributed by atoms with Crippen LogP contribution in [-0.2, 0) is 20.6 Å². The molecule has 33 heavy (non-hydrogen) atoms. The number of nitrogens with zero attached hydrogens (tertiary/aromatic N) is 3. The lowest BCUT2D eigenvalue weighted by molar-refractivity contribution is -0.137. The number of sulfonamides is 1. The summed E-state index contributed by atoms with van der Waals surface area (Å²) in [7, 11) is -1.85. The summed E-state index contributed by atoms with van der Waals surface area (Å²) in [6, 6.07) is 14.8. The molecule has 2 heterocycles. The Labute approximate surface area is 200 Å². The average molecular weight is 492 g/mol. The zero-order valence-corrected chi connectivity index (χ0v) is 20.4. The minimum Gasteiger partial charge on any atom is -0.497 e. The minimum atomic E-state index is -3.50. The largest absolute Gasteiger partial charge is 0.497 e. The van der Waals surface area contributed by atoms with E-state index in [1.54, 1.807) is 31.4 Å². The summed E-state index contributed by atoms with van der Waals surface area (Å²) in [5.41, 5.74) is 1.81. The molecule has 0 aliphatic carbocycles. The van der Waals surface area contributed by atoms with E-state index in [0.29, 0.717) is 36.6 Å². The molecule has 0 unspecified atom stereocenters. The van der Waals surface area contributed by atoms with Gasteiger partial charge in [-0.25, -0.2) is 12.7 Å². The van der Waals surface area contributed by atoms with Crippen molar-refractivity contribution in [1.82, 2.24) is 9.21 Å². The Hall–Kier alpha value is -2.29. The molecule has 178 valence electrons. The van der Waals surface area contributed by atoms with Crippen LogP contribution in [-0.4, -0.2) is 69.9 Å². The highest BCUT2D eigenvalue weighted by Gasteiger charge is 2.35. The number of amides is 1.